The molecule has 5 heteroatoms. The second kappa shape index (κ2) is 5.91. The Morgan fingerprint density at radius 2 is 1.88 bits per heavy atom. The summed E-state index contributed by atoms with van der Waals surface area (Å²) in [6, 6.07) is 4.65. The van der Waals surface area contributed by atoms with Gasteiger partial charge in [-0.15, -0.1) is 0 Å². The summed E-state index contributed by atoms with van der Waals surface area (Å²) in [4.78, 5) is 0.241. The van der Waals surface area contributed by atoms with Crippen LogP contribution in [-0.4, -0.2) is 20.8 Å². The van der Waals surface area contributed by atoms with E-state index in [-0.39, 0.29) is 10.6 Å². The van der Waals surface area contributed by atoms with E-state index in [0.29, 0.717) is 24.5 Å². The predicted molar refractivity (Wildman–Crippen MR) is 69.0 cm³/mol. The molecule has 0 saturated heterocycles. The molecule has 0 atom stereocenters. The highest BCUT2D eigenvalue weighted by Crippen LogP contribution is 2.23. The Bertz CT molecular complexity index is 469. The third kappa shape index (κ3) is 3.93. The first kappa shape index (κ1) is 13.8. The van der Waals surface area contributed by atoms with E-state index >= 15 is 0 Å². The van der Waals surface area contributed by atoms with E-state index in [1.54, 1.807) is 6.07 Å². The molecule has 0 bridgehead atoms. The minimum absolute atomic E-state index is 0.129. The van der Waals surface area contributed by atoms with Gasteiger partial charge in [0.1, 0.15) is 5.75 Å². The fourth-order valence-corrected chi connectivity index (χ4v) is 2.85. The fourth-order valence-electron chi connectivity index (χ4n) is 1.46. The van der Waals surface area contributed by atoms with Gasteiger partial charge in [-0.2, -0.15) is 0 Å². The first-order chi connectivity index (χ1) is 7.99. The number of sulfone groups is 1. The average molecular weight is 257 g/mol. The van der Waals surface area contributed by atoms with Crippen LogP contribution < -0.4 is 10.5 Å². The molecule has 0 aliphatic heterocycles. The molecule has 0 fully saturated rings. The second-order valence-electron chi connectivity index (χ2n) is 3.91. The third-order valence-electron chi connectivity index (χ3n) is 2.21. The highest BCUT2D eigenvalue weighted by Gasteiger charge is 2.15. The molecule has 0 spiro atoms. The number of hydrogen-bond acceptors (Lipinski definition) is 4. The van der Waals surface area contributed by atoms with E-state index in [1.165, 1.54) is 12.1 Å². The van der Waals surface area contributed by atoms with Gasteiger partial charge in [-0.1, -0.05) is 13.8 Å². The number of rotatable bonds is 6. The molecular formula is C12H19NO3S. The van der Waals surface area contributed by atoms with Crippen LogP contribution in [-0.2, 0) is 9.84 Å². The largest absolute Gasteiger partial charge is 0.493 e. The summed E-state index contributed by atoms with van der Waals surface area (Å²) < 4.78 is 29.2. The first-order valence-electron chi connectivity index (χ1n) is 5.75. The molecule has 1 rings (SSSR count). The fraction of sp³-hybridized carbons (Fsp3) is 0.500. The van der Waals surface area contributed by atoms with Crippen LogP contribution in [0.3, 0.4) is 0 Å². The molecule has 2 N–H and O–H groups in total. The van der Waals surface area contributed by atoms with Crippen molar-refractivity contribution in [2.24, 2.45) is 0 Å². The summed E-state index contributed by atoms with van der Waals surface area (Å²) in [5, 5.41) is 0. The Hall–Kier alpha value is -1.23. The molecule has 1 aromatic rings. The lowest BCUT2D eigenvalue weighted by molar-refractivity contribution is 0.317. The molecular weight excluding hydrogens is 238 g/mol. The van der Waals surface area contributed by atoms with E-state index in [0.717, 1.165) is 6.42 Å². The van der Waals surface area contributed by atoms with Crippen molar-refractivity contribution in [3.8, 4) is 5.75 Å². The summed E-state index contributed by atoms with van der Waals surface area (Å²) in [5.41, 5.74) is 6.09. The van der Waals surface area contributed by atoms with Crippen molar-refractivity contribution in [3.05, 3.63) is 18.2 Å². The first-order valence-corrected chi connectivity index (χ1v) is 7.41. The molecule has 0 saturated carbocycles. The molecule has 0 radical (unpaired) electrons. The minimum atomic E-state index is -3.24. The molecule has 1 aromatic carbocycles. The molecule has 17 heavy (non-hydrogen) atoms. The predicted octanol–water partition coefficient (Wildman–Crippen LogP) is 2.24. The molecule has 0 heterocycles. The maximum Gasteiger partial charge on any atom is 0.178 e. The van der Waals surface area contributed by atoms with Gasteiger partial charge in [0.25, 0.3) is 0 Å². The van der Waals surface area contributed by atoms with Crippen LogP contribution in [0.25, 0.3) is 0 Å². The van der Waals surface area contributed by atoms with Gasteiger partial charge in [-0.3, -0.25) is 0 Å². The topological polar surface area (TPSA) is 69.4 Å². The Morgan fingerprint density at radius 3 is 2.47 bits per heavy atom. The van der Waals surface area contributed by atoms with Crippen molar-refractivity contribution in [2.45, 2.75) is 31.6 Å². The van der Waals surface area contributed by atoms with E-state index in [4.69, 9.17) is 10.5 Å². The van der Waals surface area contributed by atoms with Crippen LogP contribution in [0.2, 0.25) is 0 Å². The smallest absolute Gasteiger partial charge is 0.178 e. The molecule has 0 unspecified atom stereocenters. The van der Waals surface area contributed by atoms with Gasteiger partial charge in [0.05, 0.1) is 17.3 Å². The standard InChI is InChI=1S/C12H19NO3S/c1-3-5-16-11-7-10(13)8-12(9-11)17(14,15)6-4-2/h7-9H,3-6,13H2,1-2H3. The lowest BCUT2D eigenvalue weighted by Gasteiger charge is -2.09. The van der Waals surface area contributed by atoms with E-state index in [1.807, 2.05) is 13.8 Å². The summed E-state index contributed by atoms with van der Waals surface area (Å²) >= 11 is 0. The van der Waals surface area contributed by atoms with Gasteiger partial charge in [-0.05, 0) is 25.0 Å². The van der Waals surface area contributed by atoms with Crippen molar-refractivity contribution in [3.63, 3.8) is 0 Å². The van der Waals surface area contributed by atoms with Crippen molar-refractivity contribution in [1.29, 1.82) is 0 Å². The van der Waals surface area contributed by atoms with Crippen molar-refractivity contribution in [1.82, 2.24) is 0 Å². The number of anilines is 1. The maximum atomic E-state index is 11.9. The molecule has 0 amide bonds. The molecule has 0 aromatic heterocycles. The highest BCUT2D eigenvalue weighted by molar-refractivity contribution is 7.91. The van der Waals surface area contributed by atoms with Gasteiger partial charge in [0.2, 0.25) is 0 Å². The summed E-state index contributed by atoms with van der Waals surface area (Å²) in [5.74, 6) is 0.644. The van der Waals surface area contributed by atoms with Gasteiger partial charge >= 0.3 is 0 Å². The molecule has 4 nitrogen and oxygen atoms in total. The lowest BCUT2D eigenvalue weighted by atomic mass is 10.3. The van der Waals surface area contributed by atoms with Crippen molar-refractivity contribution in [2.75, 3.05) is 18.1 Å². The van der Waals surface area contributed by atoms with E-state index in [2.05, 4.69) is 0 Å². The number of nitrogen functional groups attached to an aromatic ring is 1. The third-order valence-corrected chi connectivity index (χ3v) is 4.11. The second-order valence-corrected chi connectivity index (χ2v) is 6.01. The van der Waals surface area contributed by atoms with Crippen molar-refractivity contribution >= 4 is 15.5 Å². The van der Waals surface area contributed by atoms with Gasteiger partial charge < -0.3 is 10.5 Å². The molecule has 0 aliphatic rings. The van der Waals surface area contributed by atoms with Crippen LogP contribution in [0.1, 0.15) is 26.7 Å². The van der Waals surface area contributed by atoms with Crippen LogP contribution >= 0.6 is 0 Å². The number of nitrogens with two attached hydrogens (primary N) is 1. The molecule has 96 valence electrons. The Kier molecular flexibility index (Phi) is 4.81. The summed E-state index contributed by atoms with van der Waals surface area (Å²) in [7, 11) is -3.24. The van der Waals surface area contributed by atoms with Crippen LogP contribution in [0.5, 0.6) is 5.75 Å². The lowest BCUT2D eigenvalue weighted by Crippen LogP contribution is -2.07. The number of ether oxygens (including phenoxy) is 1. The minimum Gasteiger partial charge on any atom is -0.493 e. The average Bonchev–Trinajstić information content (AvgIpc) is 2.25. The zero-order valence-corrected chi connectivity index (χ0v) is 11.1. The normalized spacial score (nSPS) is 11.4. The highest BCUT2D eigenvalue weighted by atomic mass is 32.2. The number of hydrogen-bond donors (Lipinski definition) is 1. The van der Waals surface area contributed by atoms with Gasteiger partial charge in [-0.25, -0.2) is 8.42 Å². The monoisotopic (exact) mass is 257 g/mol. The van der Waals surface area contributed by atoms with Gasteiger partial charge in [0, 0.05) is 11.8 Å². The maximum absolute atomic E-state index is 11.9. The Morgan fingerprint density at radius 1 is 1.18 bits per heavy atom. The van der Waals surface area contributed by atoms with Crippen LogP contribution in [0, 0.1) is 0 Å². The quantitative estimate of drug-likeness (QED) is 0.793. The summed E-state index contributed by atoms with van der Waals surface area (Å²) in [6.07, 6.45) is 1.45. The van der Waals surface area contributed by atoms with Crippen LogP contribution in [0.4, 0.5) is 5.69 Å². The Balaban J connectivity index is 3.04. The molecule has 0 aliphatic carbocycles. The van der Waals surface area contributed by atoms with Gasteiger partial charge in [0.15, 0.2) is 9.84 Å². The van der Waals surface area contributed by atoms with E-state index < -0.39 is 9.84 Å². The zero-order chi connectivity index (χ0) is 12.9. The van der Waals surface area contributed by atoms with Crippen LogP contribution in [0.15, 0.2) is 23.1 Å². The SMILES string of the molecule is CCCOc1cc(N)cc(S(=O)(=O)CCC)c1. The van der Waals surface area contributed by atoms with E-state index in [9.17, 15) is 8.42 Å². The van der Waals surface area contributed by atoms with Crippen molar-refractivity contribution < 1.29 is 13.2 Å². The Labute approximate surface area is 103 Å². The number of benzene rings is 1. The zero-order valence-electron chi connectivity index (χ0n) is 10.3. The summed E-state index contributed by atoms with van der Waals surface area (Å²) in [6.45, 7) is 4.37.